The first-order valence-corrected chi connectivity index (χ1v) is 10.3. The van der Waals surface area contributed by atoms with Crippen molar-refractivity contribution in [1.29, 1.82) is 0 Å². The van der Waals surface area contributed by atoms with Crippen LogP contribution in [-0.2, 0) is 24.2 Å². The number of amides is 1. The Kier molecular flexibility index (Phi) is 6.73. The molecule has 0 spiro atoms. The number of benzene rings is 1. The van der Waals surface area contributed by atoms with E-state index >= 15 is 0 Å². The molecular weight excluding hydrogens is 352 g/mol. The highest BCUT2D eigenvalue weighted by atomic mass is 16.2. The van der Waals surface area contributed by atoms with Gasteiger partial charge in [-0.05, 0) is 49.8 Å². The molecule has 1 saturated heterocycles. The van der Waals surface area contributed by atoms with E-state index in [0.29, 0.717) is 11.5 Å². The van der Waals surface area contributed by atoms with Gasteiger partial charge in [0.2, 0.25) is 5.91 Å². The molecule has 0 saturated carbocycles. The maximum absolute atomic E-state index is 12.4. The molecule has 1 atom stereocenters. The van der Waals surface area contributed by atoms with E-state index in [1.165, 1.54) is 11.1 Å². The van der Waals surface area contributed by atoms with Gasteiger partial charge in [-0.15, -0.1) is 0 Å². The molecular formula is C22H32N4O2. The van der Waals surface area contributed by atoms with Crippen LogP contribution >= 0.6 is 0 Å². The molecule has 1 aromatic carbocycles. The number of carbonyl (C=O) groups excluding carboxylic acids is 1. The maximum atomic E-state index is 12.4. The summed E-state index contributed by atoms with van der Waals surface area (Å²) in [6.07, 6.45) is 3.29. The Morgan fingerprint density at radius 1 is 1.21 bits per heavy atom. The first-order chi connectivity index (χ1) is 13.4. The molecule has 2 aromatic rings. The van der Waals surface area contributed by atoms with E-state index < -0.39 is 0 Å². The number of aryl methyl sites for hydroxylation is 1. The van der Waals surface area contributed by atoms with Gasteiger partial charge in [0.25, 0.3) is 5.56 Å². The summed E-state index contributed by atoms with van der Waals surface area (Å²) in [6.45, 7) is 9.09. The molecule has 1 aliphatic heterocycles. The number of aromatic amines is 2. The van der Waals surface area contributed by atoms with Gasteiger partial charge in [-0.1, -0.05) is 38.1 Å². The molecule has 2 heterocycles. The Morgan fingerprint density at radius 2 is 1.93 bits per heavy atom. The summed E-state index contributed by atoms with van der Waals surface area (Å²) in [5, 5.41) is 8.41. The van der Waals surface area contributed by atoms with Gasteiger partial charge in [-0.3, -0.25) is 19.6 Å². The van der Waals surface area contributed by atoms with Gasteiger partial charge in [0.1, 0.15) is 0 Å². The van der Waals surface area contributed by atoms with Crippen LogP contribution in [0.1, 0.15) is 49.1 Å². The first-order valence-electron chi connectivity index (χ1n) is 10.3. The second-order valence-corrected chi connectivity index (χ2v) is 8.42. The minimum absolute atomic E-state index is 0.0851. The van der Waals surface area contributed by atoms with Crippen molar-refractivity contribution in [2.45, 2.75) is 59.0 Å². The van der Waals surface area contributed by atoms with Crippen LogP contribution in [0.2, 0.25) is 0 Å². The van der Waals surface area contributed by atoms with E-state index in [1.54, 1.807) is 6.92 Å². The van der Waals surface area contributed by atoms with Crippen molar-refractivity contribution in [2.24, 2.45) is 5.92 Å². The SMILES string of the molecule is Cc1[nH][nH]c(=O)c1CC(=O)NC1CCCN(Cc2ccc(CC(C)C)cc2)C1. The third-order valence-electron chi connectivity index (χ3n) is 5.37. The van der Waals surface area contributed by atoms with Crippen LogP contribution in [-0.4, -0.2) is 40.1 Å². The number of hydrogen-bond acceptors (Lipinski definition) is 3. The quantitative estimate of drug-likeness (QED) is 0.686. The highest BCUT2D eigenvalue weighted by molar-refractivity contribution is 5.79. The smallest absolute Gasteiger partial charge is 0.267 e. The normalized spacial score (nSPS) is 17.8. The van der Waals surface area contributed by atoms with Crippen LogP contribution in [0.15, 0.2) is 29.1 Å². The van der Waals surface area contributed by atoms with Crippen LogP contribution in [0, 0.1) is 12.8 Å². The summed E-state index contributed by atoms with van der Waals surface area (Å²) >= 11 is 0. The van der Waals surface area contributed by atoms with E-state index in [2.05, 4.69) is 58.5 Å². The fourth-order valence-corrected chi connectivity index (χ4v) is 3.95. The summed E-state index contributed by atoms with van der Waals surface area (Å²) in [5.41, 5.74) is 3.74. The van der Waals surface area contributed by atoms with Crippen molar-refractivity contribution in [1.82, 2.24) is 20.4 Å². The van der Waals surface area contributed by atoms with Crippen molar-refractivity contribution in [3.63, 3.8) is 0 Å². The Balaban J connectivity index is 1.51. The molecule has 152 valence electrons. The maximum Gasteiger partial charge on any atom is 0.267 e. The van der Waals surface area contributed by atoms with E-state index in [-0.39, 0.29) is 23.9 Å². The fraction of sp³-hybridized carbons (Fsp3) is 0.545. The molecule has 1 amide bonds. The van der Waals surface area contributed by atoms with Crippen molar-refractivity contribution < 1.29 is 4.79 Å². The van der Waals surface area contributed by atoms with Gasteiger partial charge in [-0.2, -0.15) is 0 Å². The van der Waals surface area contributed by atoms with Crippen molar-refractivity contribution in [3.8, 4) is 0 Å². The highest BCUT2D eigenvalue weighted by Gasteiger charge is 2.22. The lowest BCUT2D eigenvalue weighted by Crippen LogP contribution is -2.47. The fourth-order valence-electron chi connectivity index (χ4n) is 3.95. The molecule has 3 rings (SSSR count). The molecule has 0 radical (unpaired) electrons. The summed E-state index contributed by atoms with van der Waals surface area (Å²) < 4.78 is 0. The number of hydrogen-bond donors (Lipinski definition) is 3. The molecule has 0 aliphatic carbocycles. The number of rotatable bonds is 7. The zero-order chi connectivity index (χ0) is 20.1. The lowest BCUT2D eigenvalue weighted by atomic mass is 10.0. The summed E-state index contributed by atoms with van der Waals surface area (Å²) in [5.74, 6) is 0.584. The minimum atomic E-state index is -0.209. The molecule has 1 fully saturated rings. The van der Waals surface area contributed by atoms with Crippen LogP contribution < -0.4 is 10.9 Å². The highest BCUT2D eigenvalue weighted by Crippen LogP contribution is 2.16. The van der Waals surface area contributed by atoms with E-state index in [1.807, 2.05) is 0 Å². The molecule has 1 aromatic heterocycles. The minimum Gasteiger partial charge on any atom is -0.352 e. The number of nitrogens with zero attached hydrogens (tertiary/aromatic N) is 1. The second-order valence-electron chi connectivity index (χ2n) is 8.42. The van der Waals surface area contributed by atoms with Crippen LogP contribution in [0.25, 0.3) is 0 Å². The van der Waals surface area contributed by atoms with E-state index in [9.17, 15) is 9.59 Å². The Morgan fingerprint density at radius 3 is 2.57 bits per heavy atom. The van der Waals surface area contributed by atoms with Gasteiger partial charge in [0, 0.05) is 30.4 Å². The van der Waals surface area contributed by atoms with E-state index in [0.717, 1.165) is 44.6 Å². The third kappa shape index (κ3) is 5.58. The molecule has 28 heavy (non-hydrogen) atoms. The molecule has 1 unspecified atom stereocenters. The topological polar surface area (TPSA) is 81.0 Å². The zero-order valence-corrected chi connectivity index (χ0v) is 17.2. The lowest BCUT2D eigenvalue weighted by molar-refractivity contribution is -0.121. The summed E-state index contributed by atoms with van der Waals surface area (Å²) in [6, 6.07) is 9.05. The number of piperidine rings is 1. The predicted molar refractivity (Wildman–Crippen MR) is 111 cm³/mol. The number of carbonyl (C=O) groups is 1. The lowest BCUT2D eigenvalue weighted by Gasteiger charge is -2.33. The molecule has 6 heteroatoms. The van der Waals surface area contributed by atoms with Crippen molar-refractivity contribution >= 4 is 5.91 Å². The largest absolute Gasteiger partial charge is 0.352 e. The molecule has 0 bridgehead atoms. The zero-order valence-electron chi connectivity index (χ0n) is 17.2. The Bertz CT molecular complexity index is 835. The van der Waals surface area contributed by atoms with Crippen molar-refractivity contribution in [2.75, 3.05) is 13.1 Å². The number of likely N-dealkylation sites (tertiary alicyclic amines) is 1. The Hall–Kier alpha value is -2.34. The third-order valence-corrected chi connectivity index (χ3v) is 5.37. The number of aromatic nitrogens is 2. The van der Waals surface area contributed by atoms with Crippen LogP contribution in [0.5, 0.6) is 0 Å². The predicted octanol–water partition coefficient (Wildman–Crippen LogP) is 2.53. The first kappa shape index (κ1) is 20.4. The number of nitrogens with one attached hydrogen (secondary N) is 3. The van der Waals surface area contributed by atoms with E-state index in [4.69, 9.17) is 0 Å². The average Bonchev–Trinajstić information content (AvgIpc) is 2.95. The summed E-state index contributed by atoms with van der Waals surface area (Å²) in [4.78, 5) is 26.5. The molecule has 3 N–H and O–H groups in total. The van der Waals surface area contributed by atoms with Crippen LogP contribution in [0.4, 0.5) is 0 Å². The summed E-state index contributed by atoms with van der Waals surface area (Å²) in [7, 11) is 0. The molecule has 1 aliphatic rings. The van der Waals surface area contributed by atoms with Gasteiger partial charge in [0.05, 0.1) is 6.42 Å². The van der Waals surface area contributed by atoms with Gasteiger partial charge < -0.3 is 10.4 Å². The van der Waals surface area contributed by atoms with Gasteiger partial charge in [0.15, 0.2) is 0 Å². The van der Waals surface area contributed by atoms with Gasteiger partial charge in [-0.25, -0.2) is 0 Å². The van der Waals surface area contributed by atoms with Crippen LogP contribution in [0.3, 0.4) is 0 Å². The Labute approximate surface area is 166 Å². The van der Waals surface area contributed by atoms with Gasteiger partial charge >= 0.3 is 0 Å². The van der Waals surface area contributed by atoms with Crippen molar-refractivity contribution in [3.05, 3.63) is 57.0 Å². The number of H-pyrrole nitrogens is 2. The average molecular weight is 385 g/mol. The standard InChI is InChI=1S/C22H32N4O2/c1-15(2)11-17-6-8-18(9-7-17)13-26-10-4-5-19(14-26)23-21(27)12-20-16(3)24-25-22(20)28/h6-9,15,19H,4-5,10-14H2,1-3H3,(H,23,27)(H2,24,25,28). The monoisotopic (exact) mass is 384 g/mol. The molecule has 6 nitrogen and oxygen atoms in total. The second kappa shape index (κ2) is 9.24.